The van der Waals surface area contributed by atoms with Gasteiger partial charge in [-0.25, -0.2) is 0 Å². The van der Waals surface area contributed by atoms with Crippen LogP contribution in [-0.4, -0.2) is 56.0 Å². The van der Waals surface area contributed by atoms with Crippen LogP contribution >= 0.6 is 0 Å². The number of rotatable bonds is 7. The summed E-state index contributed by atoms with van der Waals surface area (Å²) in [6.07, 6.45) is 0.770. The monoisotopic (exact) mass is 318 g/mol. The number of benzene rings is 1. The summed E-state index contributed by atoms with van der Waals surface area (Å²) in [4.78, 5) is 27.1. The van der Waals surface area contributed by atoms with Gasteiger partial charge in [0.25, 0.3) is 5.91 Å². The number of nitrogens with one attached hydrogen (secondary N) is 1. The third-order valence-electron chi connectivity index (χ3n) is 4.31. The number of amides is 1. The number of nitrogens with zero attached hydrogens (tertiary/aromatic N) is 1. The number of Topliss-reactive ketones (excluding diaryl/α,β-unsaturated/α-hetero) is 1. The van der Waals surface area contributed by atoms with Crippen molar-refractivity contribution in [2.75, 3.05) is 39.4 Å². The minimum atomic E-state index is -0.175. The van der Waals surface area contributed by atoms with Crippen LogP contribution in [0.4, 0.5) is 0 Å². The van der Waals surface area contributed by atoms with Crippen molar-refractivity contribution in [2.24, 2.45) is 5.92 Å². The lowest BCUT2D eigenvalue weighted by molar-refractivity contribution is 0.0383. The van der Waals surface area contributed by atoms with Crippen molar-refractivity contribution in [3.8, 4) is 0 Å². The molecule has 0 saturated carbocycles. The molecular formula is C18H26N2O3. The fourth-order valence-corrected chi connectivity index (χ4v) is 2.59. The number of carbonyl (C=O) groups excluding carboxylic acids is 2. The SMILES string of the molecule is CCC(C)C(=O)c1ccccc1C(=O)NCCN1CCOCC1. The molecule has 0 radical (unpaired) electrons. The average molecular weight is 318 g/mol. The van der Waals surface area contributed by atoms with E-state index in [2.05, 4.69) is 10.2 Å². The van der Waals surface area contributed by atoms with Gasteiger partial charge in [0.05, 0.1) is 18.8 Å². The molecule has 1 aliphatic rings. The summed E-state index contributed by atoms with van der Waals surface area (Å²) >= 11 is 0. The number of hydrogen-bond donors (Lipinski definition) is 1. The number of hydrogen-bond acceptors (Lipinski definition) is 4. The van der Waals surface area contributed by atoms with Crippen molar-refractivity contribution in [3.63, 3.8) is 0 Å². The highest BCUT2D eigenvalue weighted by atomic mass is 16.5. The minimum Gasteiger partial charge on any atom is -0.379 e. The number of carbonyl (C=O) groups is 2. The Kier molecular flexibility index (Phi) is 6.74. The molecule has 0 aliphatic carbocycles. The minimum absolute atomic E-state index is 0.0337. The molecule has 1 saturated heterocycles. The summed E-state index contributed by atoms with van der Waals surface area (Å²) in [5, 5.41) is 2.92. The van der Waals surface area contributed by atoms with Crippen molar-refractivity contribution < 1.29 is 14.3 Å². The van der Waals surface area contributed by atoms with E-state index in [1.54, 1.807) is 24.3 Å². The Bertz CT molecular complexity index is 539. The van der Waals surface area contributed by atoms with Crippen LogP contribution < -0.4 is 5.32 Å². The first kappa shape index (κ1) is 17.6. The highest BCUT2D eigenvalue weighted by Gasteiger charge is 2.20. The van der Waals surface area contributed by atoms with Gasteiger partial charge in [0.1, 0.15) is 0 Å². The molecule has 1 amide bonds. The zero-order valence-corrected chi connectivity index (χ0v) is 14.0. The van der Waals surface area contributed by atoms with Gasteiger partial charge in [-0.1, -0.05) is 32.0 Å². The largest absolute Gasteiger partial charge is 0.379 e. The fraction of sp³-hybridized carbons (Fsp3) is 0.556. The van der Waals surface area contributed by atoms with E-state index in [1.165, 1.54) is 0 Å². The van der Waals surface area contributed by atoms with Gasteiger partial charge in [-0.05, 0) is 12.5 Å². The highest BCUT2D eigenvalue weighted by Crippen LogP contribution is 2.16. The number of morpholine rings is 1. The van der Waals surface area contributed by atoms with Crippen LogP contribution in [0, 0.1) is 5.92 Å². The summed E-state index contributed by atoms with van der Waals surface area (Å²) in [5.41, 5.74) is 0.991. The summed E-state index contributed by atoms with van der Waals surface area (Å²) in [7, 11) is 0. The Morgan fingerprint density at radius 1 is 1.22 bits per heavy atom. The van der Waals surface area contributed by atoms with Crippen molar-refractivity contribution in [1.82, 2.24) is 10.2 Å². The van der Waals surface area contributed by atoms with Crippen LogP contribution in [0.15, 0.2) is 24.3 Å². The third kappa shape index (κ3) is 4.88. The second-order valence-corrected chi connectivity index (χ2v) is 5.93. The molecule has 2 rings (SSSR count). The molecule has 0 spiro atoms. The maximum atomic E-state index is 12.4. The summed E-state index contributed by atoms with van der Waals surface area (Å²) < 4.78 is 5.31. The van der Waals surface area contributed by atoms with Gasteiger partial charge in [0.2, 0.25) is 0 Å². The maximum absolute atomic E-state index is 12.4. The zero-order valence-electron chi connectivity index (χ0n) is 14.0. The Balaban J connectivity index is 1.95. The van der Waals surface area contributed by atoms with Gasteiger partial charge in [-0.2, -0.15) is 0 Å². The Hall–Kier alpha value is -1.72. The molecule has 0 bridgehead atoms. The Labute approximate surface area is 138 Å². The molecule has 1 N–H and O–H groups in total. The van der Waals surface area contributed by atoms with E-state index in [9.17, 15) is 9.59 Å². The van der Waals surface area contributed by atoms with Crippen LogP contribution in [0.1, 0.15) is 41.0 Å². The quantitative estimate of drug-likeness (QED) is 0.781. The first-order valence-electron chi connectivity index (χ1n) is 8.35. The molecule has 126 valence electrons. The van der Waals surface area contributed by atoms with E-state index in [0.717, 1.165) is 39.3 Å². The van der Waals surface area contributed by atoms with E-state index in [1.807, 2.05) is 13.8 Å². The van der Waals surface area contributed by atoms with Crippen molar-refractivity contribution in [2.45, 2.75) is 20.3 Å². The molecule has 5 heteroatoms. The molecule has 5 nitrogen and oxygen atoms in total. The van der Waals surface area contributed by atoms with Gasteiger partial charge in [-0.3, -0.25) is 14.5 Å². The normalized spacial score (nSPS) is 16.8. The van der Waals surface area contributed by atoms with Crippen molar-refractivity contribution in [1.29, 1.82) is 0 Å². The van der Waals surface area contributed by atoms with Gasteiger partial charge in [0.15, 0.2) is 5.78 Å². The van der Waals surface area contributed by atoms with E-state index in [-0.39, 0.29) is 17.6 Å². The lowest BCUT2D eigenvalue weighted by Crippen LogP contribution is -2.41. The lowest BCUT2D eigenvalue weighted by atomic mass is 9.93. The van der Waals surface area contributed by atoms with E-state index in [0.29, 0.717) is 17.7 Å². The second-order valence-electron chi connectivity index (χ2n) is 5.93. The van der Waals surface area contributed by atoms with E-state index < -0.39 is 0 Å². The summed E-state index contributed by atoms with van der Waals surface area (Å²) in [6, 6.07) is 7.06. The summed E-state index contributed by atoms with van der Waals surface area (Å²) in [6.45, 7) is 8.56. The Morgan fingerprint density at radius 2 is 1.87 bits per heavy atom. The number of ketones is 1. The molecule has 1 atom stereocenters. The topological polar surface area (TPSA) is 58.6 Å². The fourth-order valence-electron chi connectivity index (χ4n) is 2.59. The molecule has 23 heavy (non-hydrogen) atoms. The first-order chi connectivity index (χ1) is 11.1. The smallest absolute Gasteiger partial charge is 0.252 e. The zero-order chi connectivity index (χ0) is 16.7. The third-order valence-corrected chi connectivity index (χ3v) is 4.31. The Morgan fingerprint density at radius 3 is 2.52 bits per heavy atom. The predicted octanol–water partition coefficient (Wildman–Crippen LogP) is 1.98. The molecule has 1 aliphatic heterocycles. The molecule has 1 unspecified atom stereocenters. The van der Waals surface area contributed by atoms with Gasteiger partial charge in [0, 0.05) is 37.7 Å². The van der Waals surface area contributed by atoms with E-state index >= 15 is 0 Å². The highest BCUT2D eigenvalue weighted by molar-refractivity contribution is 6.08. The molecule has 1 aromatic carbocycles. The lowest BCUT2D eigenvalue weighted by Gasteiger charge is -2.26. The molecule has 1 aromatic rings. The van der Waals surface area contributed by atoms with Crippen LogP contribution in [0.2, 0.25) is 0 Å². The second kappa shape index (κ2) is 8.79. The van der Waals surface area contributed by atoms with Crippen LogP contribution in [0.5, 0.6) is 0 Å². The molecule has 1 fully saturated rings. The summed E-state index contributed by atoms with van der Waals surface area (Å²) in [5.74, 6) is -0.214. The number of ether oxygens (including phenoxy) is 1. The van der Waals surface area contributed by atoms with Gasteiger partial charge < -0.3 is 10.1 Å². The maximum Gasteiger partial charge on any atom is 0.252 e. The first-order valence-corrected chi connectivity index (χ1v) is 8.35. The molecule has 1 heterocycles. The van der Waals surface area contributed by atoms with Crippen LogP contribution in [0.25, 0.3) is 0 Å². The van der Waals surface area contributed by atoms with Crippen molar-refractivity contribution >= 4 is 11.7 Å². The van der Waals surface area contributed by atoms with Gasteiger partial charge in [-0.15, -0.1) is 0 Å². The molecule has 0 aromatic heterocycles. The standard InChI is InChI=1S/C18H26N2O3/c1-3-14(2)17(21)15-6-4-5-7-16(15)18(22)19-8-9-20-10-12-23-13-11-20/h4-7,14H,3,8-13H2,1-2H3,(H,19,22). The average Bonchev–Trinajstić information content (AvgIpc) is 2.61. The van der Waals surface area contributed by atoms with Crippen LogP contribution in [-0.2, 0) is 4.74 Å². The van der Waals surface area contributed by atoms with Crippen molar-refractivity contribution in [3.05, 3.63) is 35.4 Å². The molecular weight excluding hydrogens is 292 g/mol. The van der Waals surface area contributed by atoms with Gasteiger partial charge >= 0.3 is 0 Å². The van der Waals surface area contributed by atoms with E-state index in [4.69, 9.17) is 4.74 Å². The van der Waals surface area contributed by atoms with Crippen LogP contribution in [0.3, 0.4) is 0 Å². The predicted molar refractivity (Wildman–Crippen MR) is 89.8 cm³/mol.